The summed E-state index contributed by atoms with van der Waals surface area (Å²) in [4.78, 5) is 0.444. The Labute approximate surface area is 225 Å². The SMILES string of the molecule is CC(C)c1cc(C(C)C)c(S(=O)(=O)[N-]CCNCCCC2CCCCC2)c(C(C)C)c1.[CH3-].[Cl][Ru+3]. The van der Waals surface area contributed by atoms with E-state index < -0.39 is 10.0 Å². The van der Waals surface area contributed by atoms with Crippen molar-refractivity contribution in [2.24, 2.45) is 5.92 Å². The molecular weight excluding hydrogens is 553 g/mol. The van der Waals surface area contributed by atoms with Crippen molar-refractivity contribution in [2.75, 3.05) is 19.6 Å². The maximum absolute atomic E-state index is 13.3. The van der Waals surface area contributed by atoms with Gasteiger partial charge in [0, 0.05) is 0 Å². The van der Waals surface area contributed by atoms with Crippen molar-refractivity contribution in [1.82, 2.24) is 5.32 Å². The molecule has 1 N–H and O–H groups in total. The average Bonchev–Trinajstić information content (AvgIpc) is 2.79. The molecule has 1 aromatic rings. The van der Waals surface area contributed by atoms with Crippen LogP contribution < -0.4 is 5.32 Å². The topological polar surface area (TPSA) is 60.3 Å². The molecule has 0 aromatic heterocycles. The summed E-state index contributed by atoms with van der Waals surface area (Å²) in [5.74, 6) is 1.53. The third-order valence-electron chi connectivity index (χ3n) is 6.58. The number of rotatable bonds is 12. The van der Waals surface area contributed by atoms with Gasteiger partial charge in [-0.05, 0) is 66.3 Å². The first-order valence-corrected chi connectivity index (χ1v) is 16.3. The fraction of sp³-hybridized carbons (Fsp3) is 0.741. The second kappa shape index (κ2) is 17.5. The molecule has 0 heterocycles. The second-order valence-electron chi connectivity index (χ2n) is 10.2. The van der Waals surface area contributed by atoms with Crippen molar-refractivity contribution in [1.29, 1.82) is 0 Å². The van der Waals surface area contributed by atoms with Crippen LogP contribution in [0.2, 0.25) is 0 Å². The van der Waals surface area contributed by atoms with Crippen LogP contribution in [0.3, 0.4) is 0 Å². The van der Waals surface area contributed by atoms with Crippen LogP contribution in [-0.2, 0) is 27.3 Å². The molecule has 0 spiro atoms. The van der Waals surface area contributed by atoms with E-state index in [1.54, 1.807) is 0 Å². The van der Waals surface area contributed by atoms with Crippen molar-refractivity contribution in [3.8, 4) is 0 Å². The molecule has 0 radical (unpaired) electrons. The zero-order valence-electron chi connectivity index (χ0n) is 22.4. The number of hydrogen-bond acceptors (Lipinski definition) is 3. The van der Waals surface area contributed by atoms with E-state index in [0.29, 0.717) is 23.9 Å². The predicted molar refractivity (Wildman–Crippen MR) is 145 cm³/mol. The van der Waals surface area contributed by atoms with Gasteiger partial charge in [0.25, 0.3) is 0 Å². The van der Waals surface area contributed by atoms with E-state index in [-0.39, 0.29) is 19.3 Å². The van der Waals surface area contributed by atoms with Crippen LogP contribution >= 0.6 is 9.69 Å². The molecule has 198 valence electrons. The van der Waals surface area contributed by atoms with E-state index >= 15 is 0 Å². The fourth-order valence-electron chi connectivity index (χ4n) is 4.61. The third-order valence-corrected chi connectivity index (χ3v) is 8.09. The Balaban J connectivity index is 0.00000353. The van der Waals surface area contributed by atoms with Crippen molar-refractivity contribution >= 4 is 19.7 Å². The molecular formula is C27H48ClN2O2RuS+. The summed E-state index contributed by atoms with van der Waals surface area (Å²) in [6.07, 6.45) is 9.43. The summed E-state index contributed by atoms with van der Waals surface area (Å²) in [6, 6.07) is 4.15. The average molecular weight is 601 g/mol. The van der Waals surface area contributed by atoms with Gasteiger partial charge in [-0.25, -0.2) is 8.42 Å². The Bertz CT molecular complexity index is 763. The Hall–Kier alpha value is 0.00338. The van der Waals surface area contributed by atoms with Crippen LogP contribution in [0.25, 0.3) is 4.72 Å². The van der Waals surface area contributed by atoms with Crippen LogP contribution in [0.15, 0.2) is 17.0 Å². The standard InChI is InChI=1S/C26H45N2O2S.CH3.ClH.Ru/c1-19(2)23-17-24(20(3)4)26(25(18-23)21(5)6)31(29,30)28-16-15-27-14-10-13-22-11-8-7-9-12-22;;;/h17-22,27H,7-16H2,1-6H3;1H3;1H;/q2*-1;;+4/p-1. The van der Waals surface area contributed by atoms with Gasteiger partial charge in [0.1, 0.15) is 10.0 Å². The predicted octanol–water partition coefficient (Wildman–Crippen LogP) is 8.21. The fourth-order valence-corrected chi connectivity index (χ4v) is 6.26. The Morgan fingerprint density at radius 2 is 1.47 bits per heavy atom. The second-order valence-corrected chi connectivity index (χ2v) is 11.8. The van der Waals surface area contributed by atoms with Gasteiger partial charge in [-0.1, -0.05) is 85.8 Å². The van der Waals surface area contributed by atoms with Gasteiger partial charge < -0.3 is 17.5 Å². The molecule has 1 aliphatic rings. The summed E-state index contributed by atoms with van der Waals surface area (Å²) >= 11 is 1.82. The monoisotopic (exact) mass is 601 g/mol. The van der Waals surface area contributed by atoms with E-state index in [0.717, 1.165) is 23.6 Å². The molecule has 0 bridgehead atoms. The Kier molecular flexibility index (Phi) is 17.5. The maximum atomic E-state index is 13.3. The minimum absolute atomic E-state index is 0. The molecule has 1 aliphatic carbocycles. The Morgan fingerprint density at radius 3 is 1.94 bits per heavy atom. The number of hydrogen-bond donors (Lipinski definition) is 1. The van der Waals surface area contributed by atoms with E-state index in [9.17, 15) is 8.42 Å². The normalized spacial score (nSPS) is 14.8. The first kappa shape index (κ1) is 34.0. The quantitative estimate of drug-likeness (QED) is 0.149. The third kappa shape index (κ3) is 10.9. The van der Waals surface area contributed by atoms with Gasteiger partial charge in [0.05, 0.1) is 4.90 Å². The van der Waals surface area contributed by atoms with Crippen LogP contribution in [-0.4, -0.2) is 28.1 Å². The van der Waals surface area contributed by atoms with Gasteiger partial charge in [0.2, 0.25) is 0 Å². The van der Waals surface area contributed by atoms with E-state index in [1.165, 1.54) is 50.5 Å². The van der Waals surface area contributed by atoms with E-state index in [4.69, 9.17) is 0 Å². The van der Waals surface area contributed by atoms with E-state index in [1.807, 2.05) is 17.3 Å². The molecule has 0 aliphatic heterocycles. The summed E-state index contributed by atoms with van der Waals surface area (Å²) < 4.78 is 30.7. The summed E-state index contributed by atoms with van der Waals surface area (Å²) in [5, 5.41) is 3.39. The zero-order valence-corrected chi connectivity index (χ0v) is 25.7. The van der Waals surface area contributed by atoms with Gasteiger partial charge in [-0.2, -0.15) is 0 Å². The van der Waals surface area contributed by atoms with Crippen molar-refractivity contribution in [2.45, 2.75) is 109 Å². The first-order chi connectivity index (χ1) is 15.6. The molecule has 0 amide bonds. The van der Waals surface area contributed by atoms with Gasteiger partial charge in [-0.3, -0.25) is 0 Å². The number of benzene rings is 1. The molecule has 0 saturated heterocycles. The zero-order chi connectivity index (χ0) is 25.0. The van der Waals surface area contributed by atoms with Gasteiger partial charge in [-0.15, -0.1) is 6.54 Å². The molecule has 0 unspecified atom stereocenters. The van der Waals surface area contributed by atoms with Crippen molar-refractivity contribution in [3.63, 3.8) is 0 Å². The van der Waals surface area contributed by atoms with Crippen LogP contribution in [0.4, 0.5) is 0 Å². The molecule has 0 atom stereocenters. The van der Waals surface area contributed by atoms with Crippen LogP contribution in [0.1, 0.15) is 121 Å². The number of nitrogens with one attached hydrogen (secondary N) is 1. The summed E-state index contributed by atoms with van der Waals surface area (Å²) in [7, 11) is 0.890. The minimum atomic E-state index is -3.68. The molecule has 4 nitrogen and oxygen atoms in total. The molecule has 1 aromatic carbocycles. The van der Waals surface area contributed by atoms with Crippen molar-refractivity contribution < 1.29 is 25.7 Å². The number of nitrogens with zero attached hydrogens (tertiary/aromatic N) is 1. The number of sulfonamides is 1. The van der Waals surface area contributed by atoms with Crippen LogP contribution in [0.5, 0.6) is 0 Å². The molecule has 34 heavy (non-hydrogen) atoms. The molecule has 1 saturated carbocycles. The first-order valence-electron chi connectivity index (χ1n) is 12.6. The van der Waals surface area contributed by atoms with Gasteiger partial charge in [0.15, 0.2) is 0 Å². The molecule has 2 rings (SSSR count). The van der Waals surface area contributed by atoms with Crippen LogP contribution in [0, 0.1) is 13.3 Å². The summed E-state index contributed by atoms with van der Waals surface area (Å²) in [5.41, 5.74) is 3.00. The van der Waals surface area contributed by atoms with Crippen molar-refractivity contribution in [3.05, 3.63) is 41.0 Å². The summed E-state index contributed by atoms with van der Waals surface area (Å²) in [6.45, 7) is 14.4. The molecule has 7 heteroatoms. The Morgan fingerprint density at radius 1 is 0.941 bits per heavy atom. The molecule has 1 fully saturated rings. The number of halogens is 1. The van der Waals surface area contributed by atoms with Gasteiger partial charge >= 0.3 is 27.0 Å². The van der Waals surface area contributed by atoms with E-state index in [2.05, 4.69) is 73.4 Å².